The van der Waals surface area contributed by atoms with Crippen molar-refractivity contribution in [2.75, 3.05) is 7.05 Å². The summed E-state index contributed by atoms with van der Waals surface area (Å²) >= 11 is 0.912. The first-order valence-electron chi connectivity index (χ1n) is 6.21. The number of nitrogens with zero attached hydrogens (tertiary/aromatic N) is 2. The normalized spacial score (nSPS) is 17.0. The zero-order valence-electron chi connectivity index (χ0n) is 11.1. The summed E-state index contributed by atoms with van der Waals surface area (Å²) in [6, 6.07) is 9.70. The summed E-state index contributed by atoms with van der Waals surface area (Å²) in [4.78, 5) is 24.9. The summed E-state index contributed by atoms with van der Waals surface area (Å²) in [6.45, 7) is 0. The Hall–Kier alpha value is -2.34. The van der Waals surface area contributed by atoms with E-state index >= 15 is 0 Å². The standard InChI is InChI=1S/C15H11FN2O2S/c1-17-14(19)13(21-15(17)20)9-12-3-2-8-18(12)11-6-4-10(16)5-7-11/h2-9H,1H3/b13-9+. The molecule has 1 aliphatic rings. The number of carbonyl (C=O) groups is 2. The van der Waals surface area contributed by atoms with Gasteiger partial charge in [0.1, 0.15) is 5.82 Å². The maximum Gasteiger partial charge on any atom is 0.293 e. The minimum absolute atomic E-state index is 0.286. The number of carbonyl (C=O) groups excluding carboxylic acids is 2. The predicted octanol–water partition coefficient (Wildman–Crippen LogP) is 3.28. The van der Waals surface area contributed by atoms with E-state index in [0.717, 1.165) is 28.0 Å². The number of hydrogen-bond acceptors (Lipinski definition) is 3. The fourth-order valence-corrected chi connectivity index (χ4v) is 2.84. The van der Waals surface area contributed by atoms with Gasteiger partial charge in [0.15, 0.2) is 0 Å². The van der Waals surface area contributed by atoms with Crippen molar-refractivity contribution in [3.05, 3.63) is 59.0 Å². The van der Waals surface area contributed by atoms with Crippen molar-refractivity contribution in [3.63, 3.8) is 0 Å². The molecule has 106 valence electrons. The average Bonchev–Trinajstić information content (AvgIpc) is 3.02. The van der Waals surface area contributed by atoms with E-state index in [1.807, 2.05) is 22.9 Å². The number of rotatable bonds is 2. The van der Waals surface area contributed by atoms with Gasteiger partial charge in [0.2, 0.25) is 0 Å². The number of benzene rings is 1. The van der Waals surface area contributed by atoms with Crippen LogP contribution in [0, 0.1) is 5.82 Å². The minimum Gasteiger partial charge on any atom is -0.317 e. The first-order valence-corrected chi connectivity index (χ1v) is 7.03. The minimum atomic E-state index is -0.308. The Labute approximate surface area is 124 Å². The number of likely N-dealkylation sites (N-methyl/N-ethyl adjacent to an activating group) is 1. The molecule has 0 radical (unpaired) electrons. The van der Waals surface area contributed by atoms with Gasteiger partial charge in [-0.2, -0.15) is 0 Å². The second-order valence-corrected chi connectivity index (χ2v) is 5.51. The summed E-state index contributed by atoms with van der Waals surface area (Å²) in [5, 5.41) is -0.286. The smallest absolute Gasteiger partial charge is 0.293 e. The summed E-state index contributed by atoms with van der Waals surface area (Å²) in [5.41, 5.74) is 1.53. The monoisotopic (exact) mass is 302 g/mol. The zero-order chi connectivity index (χ0) is 15.0. The van der Waals surface area contributed by atoms with Crippen molar-refractivity contribution in [1.82, 2.24) is 9.47 Å². The van der Waals surface area contributed by atoms with Crippen LogP contribution in [0.1, 0.15) is 5.69 Å². The molecule has 0 N–H and O–H groups in total. The van der Waals surface area contributed by atoms with Crippen molar-refractivity contribution in [2.45, 2.75) is 0 Å². The lowest BCUT2D eigenvalue weighted by molar-refractivity contribution is -0.121. The third kappa shape index (κ3) is 2.50. The van der Waals surface area contributed by atoms with E-state index in [2.05, 4.69) is 0 Å². The highest BCUT2D eigenvalue weighted by Crippen LogP contribution is 2.31. The van der Waals surface area contributed by atoms with Gasteiger partial charge in [0.25, 0.3) is 11.1 Å². The predicted molar refractivity (Wildman–Crippen MR) is 79.5 cm³/mol. The van der Waals surface area contributed by atoms with Crippen LogP contribution in [-0.4, -0.2) is 27.7 Å². The van der Waals surface area contributed by atoms with Gasteiger partial charge in [0, 0.05) is 24.6 Å². The third-order valence-electron chi connectivity index (χ3n) is 3.15. The van der Waals surface area contributed by atoms with Gasteiger partial charge in [-0.1, -0.05) is 0 Å². The van der Waals surface area contributed by atoms with Crippen LogP contribution < -0.4 is 0 Å². The highest BCUT2D eigenvalue weighted by atomic mass is 32.2. The van der Waals surface area contributed by atoms with Crippen molar-refractivity contribution in [1.29, 1.82) is 0 Å². The lowest BCUT2D eigenvalue weighted by atomic mass is 10.3. The molecule has 4 nitrogen and oxygen atoms in total. The molecular formula is C15H11FN2O2S. The Bertz CT molecular complexity index is 749. The topological polar surface area (TPSA) is 42.3 Å². The number of imide groups is 1. The Kier molecular flexibility index (Phi) is 3.39. The molecule has 21 heavy (non-hydrogen) atoms. The molecule has 1 saturated heterocycles. The molecule has 2 amide bonds. The van der Waals surface area contributed by atoms with Crippen LogP contribution in [0.3, 0.4) is 0 Å². The van der Waals surface area contributed by atoms with E-state index < -0.39 is 0 Å². The maximum absolute atomic E-state index is 13.0. The Morgan fingerprint density at radius 3 is 2.48 bits per heavy atom. The summed E-state index contributed by atoms with van der Waals surface area (Å²) in [6.07, 6.45) is 3.48. The zero-order valence-corrected chi connectivity index (χ0v) is 11.9. The fourth-order valence-electron chi connectivity index (χ4n) is 2.03. The molecule has 1 fully saturated rings. The van der Waals surface area contributed by atoms with Gasteiger partial charge < -0.3 is 4.57 Å². The molecule has 1 aromatic heterocycles. The maximum atomic E-state index is 13.0. The molecule has 1 aliphatic heterocycles. The molecule has 0 unspecified atom stereocenters. The quantitative estimate of drug-likeness (QED) is 0.800. The largest absolute Gasteiger partial charge is 0.317 e. The summed E-state index contributed by atoms with van der Waals surface area (Å²) in [5.74, 6) is -0.614. The second kappa shape index (κ2) is 5.21. The highest BCUT2D eigenvalue weighted by Gasteiger charge is 2.31. The molecular weight excluding hydrogens is 291 g/mol. The van der Waals surface area contributed by atoms with E-state index in [4.69, 9.17) is 0 Å². The lowest BCUT2D eigenvalue weighted by Crippen LogP contribution is -2.22. The molecule has 0 aliphatic carbocycles. The molecule has 3 rings (SSSR count). The fraction of sp³-hybridized carbons (Fsp3) is 0.0667. The Balaban J connectivity index is 1.99. The molecule has 6 heteroatoms. The first kappa shape index (κ1) is 13.6. The Morgan fingerprint density at radius 2 is 1.86 bits per heavy atom. The molecule has 2 heterocycles. The van der Waals surface area contributed by atoms with Gasteiger partial charge in [-0.15, -0.1) is 0 Å². The van der Waals surface area contributed by atoms with Crippen LogP contribution in [0.2, 0.25) is 0 Å². The number of thioether (sulfide) groups is 1. The van der Waals surface area contributed by atoms with Crippen molar-refractivity contribution < 1.29 is 14.0 Å². The van der Waals surface area contributed by atoms with Gasteiger partial charge >= 0.3 is 0 Å². The van der Waals surface area contributed by atoms with Crippen molar-refractivity contribution >= 4 is 29.0 Å². The molecule has 2 aromatic rings. The van der Waals surface area contributed by atoms with Crippen molar-refractivity contribution in [2.24, 2.45) is 0 Å². The average molecular weight is 302 g/mol. The highest BCUT2D eigenvalue weighted by molar-refractivity contribution is 8.18. The van der Waals surface area contributed by atoms with Crippen molar-refractivity contribution in [3.8, 4) is 5.69 Å². The molecule has 0 atom stereocenters. The van der Waals surface area contributed by atoms with Crippen LogP contribution >= 0.6 is 11.8 Å². The van der Waals surface area contributed by atoms with Crippen LogP contribution in [0.4, 0.5) is 9.18 Å². The number of aromatic nitrogens is 1. The van der Waals surface area contributed by atoms with Gasteiger partial charge in [-0.3, -0.25) is 14.5 Å². The van der Waals surface area contributed by atoms with Crippen LogP contribution in [-0.2, 0) is 4.79 Å². The van der Waals surface area contributed by atoms with Crippen LogP contribution in [0.25, 0.3) is 11.8 Å². The lowest BCUT2D eigenvalue weighted by Gasteiger charge is -2.07. The molecule has 1 aromatic carbocycles. The van der Waals surface area contributed by atoms with E-state index in [1.54, 1.807) is 18.2 Å². The van der Waals surface area contributed by atoms with E-state index in [9.17, 15) is 14.0 Å². The summed E-state index contributed by atoms with van der Waals surface area (Å²) < 4.78 is 14.8. The van der Waals surface area contributed by atoms with Crippen LogP contribution in [0.5, 0.6) is 0 Å². The van der Waals surface area contributed by atoms with Crippen LogP contribution in [0.15, 0.2) is 47.5 Å². The first-order chi connectivity index (χ1) is 10.1. The van der Waals surface area contributed by atoms with E-state index in [0.29, 0.717) is 4.91 Å². The van der Waals surface area contributed by atoms with Gasteiger partial charge in [0.05, 0.1) is 4.91 Å². The number of halogens is 1. The van der Waals surface area contributed by atoms with Gasteiger partial charge in [-0.25, -0.2) is 4.39 Å². The second-order valence-electron chi connectivity index (χ2n) is 4.52. The molecule has 0 spiro atoms. The number of hydrogen-bond donors (Lipinski definition) is 0. The molecule has 0 saturated carbocycles. The Morgan fingerprint density at radius 1 is 1.14 bits per heavy atom. The number of amides is 2. The van der Waals surface area contributed by atoms with E-state index in [-0.39, 0.29) is 17.0 Å². The SMILES string of the molecule is CN1C(=O)S/C(=C/c2cccn2-c2ccc(F)cc2)C1=O. The third-order valence-corrected chi connectivity index (χ3v) is 4.11. The van der Waals surface area contributed by atoms with E-state index in [1.165, 1.54) is 19.2 Å². The summed E-state index contributed by atoms with van der Waals surface area (Å²) in [7, 11) is 1.46. The molecule has 0 bridgehead atoms. The van der Waals surface area contributed by atoms with Gasteiger partial charge in [-0.05, 0) is 54.2 Å².